The fourth-order valence-electron chi connectivity index (χ4n) is 1.24. The van der Waals surface area contributed by atoms with Crippen molar-refractivity contribution in [3.05, 3.63) is 24.1 Å². The molecule has 0 aliphatic heterocycles. The quantitative estimate of drug-likeness (QED) is 0.831. The number of aliphatic hydroxyl groups excluding tert-OH is 1. The molecule has 0 fully saturated rings. The van der Waals surface area contributed by atoms with Gasteiger partial charge in [0.05, 0.1) is 4.90 Å². The van der Waals surface area contributed by atoms with Crippen LogP contribution in [0.4, 0.5) is 13.2 Å². The van der Waals surface area contributed by atoms with Crippen molar-refractivity contribution >= 4 is 22.9 Å². The van der Waals surface area contributed by atoms with Gasteiger partial charge in [0.15, 0.2) is 5.58 Å². The number of fused-ring (bicyclic) bond motifs is 1. The minimum Gasteiger partial charge on any atom is -0.437 e. The number of nitrogens with zero attached hydrogens (tertiary/aromatic N) is 1. The van der Waals surface area contributed by atoms with Gasteiger partial charge in [-0.2, -0.15) is 13.2 Å². The molecule has 1 heterocycles. The van der Waals surface area contributed by atoms with E-state index >= 15 is 0 Å². The SMILES string of the molecule is OCc1nc2cccc(SC(F)(F)F)c2o1. The number of halogens is 3. The third-order valence-corrected chi connectivity index (χ3v) is 2.56. The minimum absolute atomic E-state index is 0.00484. The Morgan fingerprint density at radius 3 is 2.75 bits per heavy atom. The van der Waals surface area contributed by atoms with E-state index in [9.17, 15) is 13.2 Å². The number of hydrogen-bond acceptors (Lipinski definition) is 4. The van der Waals surface area contributed by atoms with Crippen molar-refractivity contribution in [2.75, 3.05) is 0 Å². The Morgan fingerprint density at radius 2 is 2.12 bits per heavy atom. The maximum atomic E-state index is 12.2. The van der Waals surface area contributed by atoms with Gasteiger partial charge in [0, 0.05) is 0 Å². The lowest BCUT2D eigenvalue weighted by Crippen LogP contribution is -1.98. The van der Waals surface area contributed by atoms with E-state index in [4.69, 9.17) is 9.52 Å². The minimum atomic E-state index is -4.37. The van der Waals surface area contributed by atoms with Gasteiger partial charge in [0.1, 0.15) is 12.1 Å². The summed E-state index contributed by atoms with van der Waals surface area (Å²) in [6.45, 7) is -0.440. The zero-order chi connectivity index (χ0) is 11.8. The van der Waals surface area contributed by atoms with Gasteiger partial charge in [-0.3, -0.25) is 0 Å². The van der Waals surface area contributed by atoms with Crippen LogP contribution in [0.2, 0.25) is 0 Å². The molecule has 0 radical (unpaired) electrons. The van der Waals surface area contributed by atoms with Gasteiger partial charge in [-0.05, 0) is 23.9 Å². The molecule has 0 aliphatic rings. The molecule has 0 saturated heterocycles. The van der Waals surface area contributed by atoms with E-state index in [0.717, 1.165) is 0 Å². The molecule has 0 atom stereocenters. The zero-order valence-corrected chi connectivity index (χ0v) is 8.60. The highest BCUT2D eigenvalue weighted by molar-refractivity contribution is 8.00. The number of benzene rings is 1. The van der Waals surface area contributed by atoms with Crippen LogP contribution in [0, 0.1) is 0 Å². The van der Waals surface area contributed by atoms with Crippen molar-refractivity contribution in [2.24, 2.45) is 0 Å². The molecule has 1 aromatic carbocycles. The van der Waals surface area contributed by atoms with Gasteiger partial charge in [0.2, 0.25) is 5.89 Å². The fraction of sp³-hybridized carbons (Fsp3) is 0.222. The number of para-hydroxylation sites is 1. The van der Waals surface area contributed by atoms with Crippen molar-refractivity contribution in [2.45, 2.75) is 17.0 Å². The highest BCUT2D eigenvalue weighted by Gasteiger charge is 2.31. The molecule has 16 heavy (non-hydrogen) atoms. The van der Waals surface area contributed by atoms with E-state index in [1.54, 1.807) is 0 Å². The Kier molecular flexibility index (Phi) is 2.81. The van der Waals surface area contributed by atoms with E-state index in [1.165, 1.54) is 18.2 Å². The van der Waals surface area contributed by atoms with Crippen molar-refractivity contribution in [3.8, 4) is 0 Å². The second kappa shape index (κ2) is 3.99. The van der Waals surface area contributed by atoms with E-state index in [0.29, 0.717) is 5.52 Å². The van der Waals surface area contributed by atoms with Crippen molar-refractivity contribution in [3.63, 3.8) is 0 Å². The van der Waals surface area contributed by atoms with Crippen LogP contribution in [0.15, 0.2) is 27.5 Å². The first kappa shape index (κ1) is 11.3. The van der Waals surface area contributed by atoms with Crippen LogP contribution in [0.1, 0.15) is 5.89 Å². The molecule has 0 amide bonds. The Bertz CT molecular complexity index is 509. The predicted molar refractivity (Wildman–Crippen MR) is 51.8 cm³/mol. The summed E-state index contributed by atoms with van der Waals surface area (Å²) in [5.74, 6) is 0.00484. The van der Waals surface area contributed by atoms with Crippen LogP contribution in [-0.4, -0.2) is 15.6 Å². The van der Waals surface area contributed by atoms with Crippen LogP contribution < -0.4 is 0 Å². The summed E-state index contributed by atoms with van der Waals surface area (Å²) in [6.07, 6.45) is 0. The second-order valence-corrected chi connectivity index (χ2v) is 4.02. The molecule has 0 unspecified atom stereocenters. The standard InChI is InChI=1S/C9H6F3NO2S/c10-9(11,12)16-6-3-1-2-5-8(6)15-7(4-14)13-5/h1-3,14H,4H2. The van der Waals surface area contributed by atoms with Crippen LogP contribution in [0.25, 0.3) is 11.1 Å². The summed E-state index contributed by atoms with van der Waals surface area (Å²) in [6, 6.07) is 4.28. The molecule has 0 saturated carbocycles. The third-order valence-electron chi connectivity index (χ3n) is 1.78. The molecule has 0 bridgehead atoms. The molecule has 1 aromatic heterocycles. The summed E-state index contributed by atoms with van der Waals surface area (Å²) < 4.78 is 41.6. The first-order chi connectivity index (χ1) is 7.49. The molecular formula is C9H6F3NO2S. The van der Waals surface area contributed by atoms with E-state index in [2.05, 4.69) is 4.98 Å². The Morgan fingerprint density at radius 1 is 1.38 bits per heavy atom. The Hall–Kier alpha value is -1.21. The molecule has 2 aromatic rings. The van der Waals surface area contributed by atoms with Crippen LogP contribution in [0.5, 0.6) is 0 Å². The average Bonchev–Trinajstić information content (AvgIpc) is 2.59. The van der Waals surface area contributed by atoms with Gasteiger partial charge in [0.25, 0.3) is 0 Å². The lowest BCUT2D eigenvalue weighted by molar-refractivity contribution is -0.0328. The summed E-state index contributed by atoms with van der Waals surface area (Å²) in [7, 11) is 0. The monoisotopic (exact) mass is 249 g/mol. The predicted octanol–water partition coefficient (Wildman–Crippen LogP) is 2.93. The highest BCUT2D eigenvalue weighted by atomic mass is 32.2. The van der Waals surface area contributed by atoms with Crippen molar-refractivity contribution in [1.29, 1.82) is 0 Å². The lowest BCUT2D eigenvalue weighted by atomic mass is 10.3. The van der Waals surface area contributed by atoms with Crippen LogP contribution in [-0.2, 0) is 6.61 Å². The molecular weight excluding hydrogens is 243 g/mol. The van der Waals surface area contributed by atoms with E-state index in [-0.39, 0.29) is 28.1 Å². The van der Waals surface area contributed by atoms with Crippen LogP contribution >= 0.6 is 11.8 Å². The van der Waals surface area contributed by atoms with Crippen molar-refractivity contribution in [1.82, 2.24) is 4.98 Å². The third kappa shape index (κ3) is 2.30. The molecule has 0 aliphatic carbocycles. The summed E-state index contributed by atoms with van der Waals surface area (Å²) in [5.41, 5.74) is -4.02. The van der Waals surface area contributed by atoms with Gasteiger partial charge >= 0.3 is 5.51 Å². The van der Waals surface area contributed by atoms with Gasteiger partial charge < -0.3 is 9.52 Å². The van der Waals surface area contributed by atoms with E-state index < -0.39 is 12.1 Å². The average molecular weight is 249 g/mol. The maximum absolute atomic E-state index is 12.2. The Labute approximate surface area is 92.3 Å². The fourth-order valence-corrected chi connectivity index (χ4v) is 1.88. The number of hydrogen-bond donors (Lipinski definition) is 1. The zero-order valence-electron chi connectivity index (χ0n) is 7.78. The highest BCUT2D eigenvalue weighted by Crippen LogP contribution is 2.40. The topological polar surface area (TPSA) is 46.3 Å². The van der Waals surface area contributed by atoms with Gasteiger partial charge in [-0.25, -0.2) is 4.98 Å². The number of rotatable bonds is 2. The van der Waals surface area contributed by atoms with E-state index in [1.807, 2.05) is 0 Å². The molecule has 3 nitrogen and oxygen atoms in total. The largest absolute Gasteiger partial charge is 0.446 e. The summed E-state index contributed by atoms with van der Waals surface area (Å²) in [5, 5.41) is 8.78. The molecule has 7 heteroatoms. The normalized spacial score (nSPS) is 12.2. The molecule has 2 rings (SSSR count). The van der Waals surface area contributed by atoms with Crippen LogP contribution in [0.3, 0.4) is 0 Å². The maximum Gasteiger partial charge on any atom is 0.446 e. The molecule has 0 spiro atoms. The Balaban J connectivity index is 2.48. The molecule has 86 valence electrons. The first-order valence-electron chi connectivity index (χ1n) is 4.24. The van der Waals surface area contributed by atoms with Gasteiger partial charge in [-0.1, -0.05) is 6.07 Å². The molecule has 1 N–H and O–H groups in total. The smallest absolute Gasteiger partial charge is 0.437 e. The number of oxazole rings is 1. The van der Waals surface area contributed by atoms with Gasteiger partial charge in [-0.15, -0.1) is 0 Å². The lowest BCUT2D eigenvalue weighted by Gasteiger charge is -2.04. The number of alkyl halides is 3. The summed E-state index contributed by atoms with van der Waals surface area (Å²) in [4.78, 5) is 3.77. The van der Waals surface area contributed by atoms with Crippen molar-refractivity contribution < 1.29 is 22.7 Å². The first-order valence-corrected chi connectivity index (χ1v) is 5.06. The summed E-state index contributed by atoms with van der Waals surface area (Å²) >= 11 is -0.261. The number of aliphatic hydroxyl groups is 1. The number of aromatic nitrogens is 1. The number of thioether (sulfide) groups is 1. The second-order valence-electron chi connectivity index (χ2n) is 2.92.